The lowest BCUT2D eigenvalue weighted by molar-refractivity contribution is 0.258. The Labute approximate surface area is 124 Å². The zero-order chi connectivity index (χ0) is 14.0. The molecule has 19 heavy (non-hydrogen) atoms. The maximum absolute atomic E-state index is 12.0. The number of hydrogen-bond donors (Lipinski definition) is 1. The number of amides is 2. The molecular formula is C11H10Cl2N4OS. The number of carbonyl (C=O) groups is 1. The first-order chi connectivity index (χ1) is 8.97. The number of carbonyl (C=O) groups excluding carboxylic acids is 1. The highest BCUT2D eigenvalue weighted by molar-refractivity contribution is 7.19. The first kappa shape index (κ1) is 14.0. The van der Waals surface area contributed by atoms with Crippen molar-refractivity contribution < 1.29 is 4.79 Å². The van der Waals surface area contributed by atoms with Crippen molar-refractivity contribution in [3.8, 4) is 0 Å². The quantitative estimate of drug-likeness (QED) is 0.916. The van der Waals surface area contributed by atoms with Crippen LogP contribution in [-0.4, -0.2) is 23.3 Å². The van der Waals surface area contributed by atoms with Gasteiger partial charge in [-0.25, -0.2) is 4.79 Å². The Morgan fingerprint density at radius 1 is 1.37 bits per heavy atom. The highest BCUT2D eigenvalue weighted by Gasteiger charge is 2.15. The predicted molar refractivity (Wildman–Crippen MR) is 78.5 cm³/mol. The molecule has 0 unspecified atom stereocenters. The fourth-order valence-corrected chi connectivity index (χ4v) is 2.26. The highest BCUT2D eigenvalue weighted by atomic mass is 35.5. The van der Waals surface area contributed by atoms with Crippen molar-refractivity contribution in [1.29, 1.82) is 0 Å². The lowest BCUT2D eigenvalue weighted by Crippen LogP contribution is -2.31. The van der Waals surface area contributed by atoms with Gasteiger partial charge in [0.1, 0.15) is 0 Å². The average molecular weight is 317 g/mol. The first-order valence-corrected chi connectivity index (χ1v) is 6.84. The van der Waals surface area contributed by atoms with Gasteiger partial charge < -0.3 is 5.32 Å². The molecular weight excluding hydrogens is 307 g/mol. The van der Waals surface area contributed by atoms with E-state index in [1.807, 2.05) is 13.0 Å². The summed E-state index contributed by atoms with van der Waals surface area (Å²) in [5, 5.41) is 11.2. The molecule has 2 amide bonds. The third-order valence-electron chi connectivity index (χ3n) is 2.40. The smallest absolute Gasteiger partial charge is 0.307 e. The van der Waals surface area contributed by atoms with Crippen LogP contribution in [0.2, 0.25) is 9.49 Å². The summed E-state index contributed by atoms with van der Waals surface area (Å²) in [6.07, 6.45) is 0. The van der Waals surface area contributed by atoms with Crippen LogP contribution in [0.15, 0.2) is 18.2 Å². The van der Waals surface area contributed by atoms with Crippen molar-refractivity contribution in [2.24, 2.45) is 0 Å². The summed E-state index contributed by atoms with van der Waals surface area (Å²) in [6.45, 7) is 1.89. The summed E-state index contributed by atoms with van der Waals surface area (Å²) in [7, 11) is 1.59. The fourth-order valence-electron chi connectivity index (χ4n) is 1.30. The van der Waals surface area contributed by atoms with Gasteiger partial charge in [0.15, 0.2) is 0 Å². The van der Waals surface area contributed by atoms with Crippen molar-refractivity contribution in [1.82, 2.24) is 10.2 Å². The molecule has 1 heterocycles. The molecule has 0 aliphatic rings. The second-order valence-electron chi connectivity index (χ2n) is 3.79. The number of rotatable bonds is 2. The van der Waals surface area contributed by atoms with E-state index in [2.05, 4.69) is 15.5 Å². The second-order valence-corrected chi connectivity index (χ2v) is 5.74. The molecule has 0 bridgehead atoms. The number of anilines is 2. The molecule has 0 aliphatic carbocycles. The Balaban J connectivity index is 2.10. The molecule has 0 saturated carbocycles. The number of hydrogen-bond acceptors (Lipinski definition) is 4. The normalized spacial score (nSPS) is 10.3. The monoisotopic (exact) mass is 316 g/mol. The van der Waals surface area contributed by atoms with E-state index in [1.54, 1.807) is 19.2 Å². The van der Waals surface area contributed by atoms with E-state index in [9.17, 15) is 4.79 Å². The Morgan fingerprint density at radius 3 is 2.68 bits per heavy atom. The van der Waals surface area contributed by atoms with Gasteiger partial charge in [-0.15, -0.1) is 10.2 Å². The van der Waals surface area contributed by atoms with Gasteiger partial charge in [-0.3, -0.25) is 4.90 Å². The maximum atomic E-state index is 12.0. The highest BCUT2D eigenvalue weighted by Crippen LogP contribution is 2.24. The molecule has 100 valence electrons. The van der Waals surface area contributed by atoms with Crippen LogP contribution in [0.4, 0.5) is 15.6 Å². The molecule has 5 nitrogen and oxygen atoms in total. The number of nitrogens with zero attached hydrogens (tertiary/aromatic N) is 3. The van der Waals surface area contributed by atoms with E-state index < -0.39 is 0 Å². The number of benzene rings is 1. The van der Waals surface area contributed by atoms with Gasteiger partial charge in [-0.1, -0.05) is 29.0 Å². The lowest BCUT2D eigenvalue weighted by Gasteiger charge is -2.14. The van der Waals surface area contributed by atoms with E-state index in [0.29, 0.717) is 15.8 Å². The molecule has 8 heteroatoms. The summed E-state index contributed by atoms with van der Waals surface area (Å²) >= 11 is 12.8. The molecule has 0 spiro atoms. The van der Waals surface area contributed by atoms with E-state index in [0.717, 1.165) is 16.9 Å². The van der Waals surface area contributed by atoms with Crippen molar-refractivity contribution in [3.05, 3.63) is 33.3 Å². The molecule has 1 aromatic carbocycles. The molecule has 2 rings (SSSR count). The number of halogens is 2. The Kier molecular flexibility index (Phi) is 4.24. The van der Waals surface area contributed by atoms with Gasteiger partial charge in [-0.2, -0.15) is 0 Å². The molecule has 0 saturated heterocycles. The summed E-state index contributed by atoms with van der Waals surface area (Å²) in [6, 6.07) is 4.96. The summed E-state index contributed by atoms with van der Waals surface area (Å²) < 4.78 is 0.285. The number of aryl methyl sites for hydroxylation is 1. The van der Waals surface area contributed by atoms with Crippen LogP contribution in [0.3, 0.4) is 0 Å². The number of urea groups is 1. The average Bonchev–Trinajstić information content (AvgIpc) is 2.79. The molecule has 0 fully saturated rings. The third-order valence-corrected chi connectivity index (χ3v) is 3.91. The molecule has 0 aliphatic heterocycles. The number of nitrogens with one attached hydrogen (secondary N) is 1. The van der Waals surface area contributed by atoms with Gasteiger partial charge in [-0.05, 0) is 36.2 Å². The van der Waals surface area contributed by atoms with Crippen LogP contribution in [-0.2, 0) is 0 Å². The minimum absolute atomic E-state index is 0.285. The van der Waals surface area contributed by atoms with Crippen molar-refractivity contribution in [2.45, 2.75) is 6.92 Å². The topological polar surface area (TPSA) is 58.1 Å². The van der Waals surface area contributed by atoms with Crippen molar-refractivity contribution in [2.75, 3.05) is 17.3 Å². The van der Waals surface area contributed by atoms with Crippen LogP contribution >= 0.6 is 34.5 Å². The zero-order valence-electron chi connectivity index (χ0n) is 10.1. The van der Waals surface area contributed by atoms with Crippen molar-refractivity contribution in [3.63, 3.8) is 0 Å². The summed E-state index contributed by atoms with van der Waals surface area (Å²) in [5.41, 5.74) is 1.56. The molecule has 2 aromatic rings. The van der Waals surface area contributed by atoms with Crippen LogP contribution < -0.4 is 10.2 Å². The van der Waals surface area contributed by atoms with Crippen molar-refractivity contribution >= 4 is 51.4 Å². The number of aromatic nitrogens is 2. The molecule has 0 radical (unpaired) electrons. The van der Waals surface area contributed by atoms with Crippen LogP contribution in [0, 0.1) is 6.92 Å². The third kappa shape index (κ3) is 3.34. The van der Waals surface area contributed by atoms with Gasteiger partial charge in [0, 0.05) is 17.8 Å². The van der Waals surface area contributed by atoms with Crippen LogP contribution in [0.25, 0.3) is 0 Å². The van der Waals surface area contributed by atoms with Gasteiger partial charge in [0.2, 0.25) is 9.60 Å². The molecule has 1 aromatic heterocycles. The second kappa shape index (κ2) is 5.73. The van der Waals surface area contributed by atoms with E-state index in [4.69, 9.17) is 23.2 Å². The Hall–Kier alpha value is -1.37. The fraction of sp³-hybridized carbons (Fsp3) is 0.182. The van der Waals surface area contributed by atoms with Gasteiger partial charge in [0.25, 0.3) is 0 Å². The largest absolute Gasteiger partial charge is 0.327 e. The van der Waals surface area contributed by atoms with Crippen LogP contribution in [0.1, 0.15) is 5.56 Å². The van der Waals surface area contributed by atoms with Gasteiger partial charge >= 0.3 is 6.03 Å². The zero-order valence-corrected chi connectivity index (χ0v) is 12.5. The van der Waals surface area contributed by atoms with E-state index >= 15 is 0 Å². The maximum Gasteiger partial charge on any atom is 0.327 e. The van der Waals surface area contributed by atoms with E-state index in [1.165, 1.54) is 4.90 Å². The minimum Gasteiger partial charge on any atom is -0.307 e. The minimum atomic E-state index is -0.340. The Bertz CT molecular complexity index is 616. The molecule has 0 atom stereocenters. The first-order valence-electron chi connectivity index (χ1n) is 5.27. The predicted octanol–water partition coefficient (Wildman–Crippen LogP) is 3.82. The Morgan fingerprint density at radius 2 is 2.11 bits per heavy atom. The van der Waals surface area contributed by atoms with E-state index in [-0.39, 0.29) is 10.5 Å². The lowest BCUT2D eigenvalue weighted by atomic mass is 10.2. The van der Waals surface area contributed by atoms with Crippen LogP contribution in [0.5, 0.6) is 0 Å². The SMILES string of the molecule is Cc1ccc(NC(=O)N(C)c2nnc(Cl)s2)cc1Cl. The standard InChI is InChI=1S/C11H10Cl2N4OS/c1-6-3-4-7(5-8(6)12)14-10(18)17(2)11-16-15-9(13)19-11/h3-5H,1-2H3,(H,14,18). The van der Waals surface area contributed by atoms with Gasteiger partial charge in [0.05, 0.1) is 0 Å². The molecule has 1 N–H and O–H groups in total. The summed E-state index contributed by atoms with van der Waals surface area (Å²) in [5.74, 6) is 0. The summed E-state index contributed by atoms with van der Waals surface area (Å²) in [4.78, 5) is 13.3.